The minimum absolute atomic E-state index is 0.109. The molecule has 3 aromatic rings. The molecule has 0 N–H and O–H groups in total. The van der Waals surface area contributed by atoms with Crippen LogP contribution in [0, 0.1) is 0 Å². The molecule has 1 aliphatic rings. The molecule has 29 heavy (non-hydrogen) atoms. The van der Waals surface area contributed by atoms with E-state index in [9.17, 15) is 4.79 Å². The SMILES string of the molecule is COc1cccc2sc(N(C)CC(=O)N3CCN(c4ccccc4Cl)CC3)nc12. The van der Waals surface area contributed by atoms with Gasteiger partial charge in [0.2, 0.25) is 5.91 Å². The lowest BCUT2D eigenvalue weighted by Gasteiger charge is -2.37. The number of carbonyl (C=O) groups excluding carboxylic acids is 1. The number of halogens is 1. The zero-order valence-corrected chi connectivity index (χ0v) is 18.0. The average molecular weight is 431 g/mol. The first-order valence-electron chi connectivity index (χ1n) is 9.49. The highest BCUT2D eigenvalue weighted by Crippen LogP contribution is 2.33. The summed E-state index contributed by atoms with van der Waals surface area (Å²) in [6.07, 6.45) is 0. The summed E-state index contributed by atoms with van der Waals surface area (Å²) < 4.78 is 6.44. The van der Waals surface area contributed by atoms with Crippen LogP contribution >= 0.6 is 22.9 Å². The number of amides is 1. The van der Waals surface area contributed by atoms with Crippen LogP contribution in [-0.4, -0.2) is 62.7 Å². The van der Waals surface area contributed by atoms with Crippen molar-refractivity contribution in [3.8, 4) is 5.75 Å². The lowest BCUT2D eigenvalue weighted by Crippen LogP contribution is -2.51. The van der Waals surface area contributed by atoms with Crippen molar-refractivity contribution in [1.29, 1.82) is 0 Å². The second-order valence-electron chi connectivity index (χ2n) is 6.98. The van der Waals surface area contributed by atoms with Gasteiger partial charge in [-0.25, -0.2) is 4.98 Å². The quantitative estimate of drug-likeness (QED) is 0.617. The van der Waals surface area contributed by atoms with Crippen molar-refractivity contribution in [2.75, 3.05) is 56.7 Å². The van der Waals surface area contributed by atoms with Crippen LogP contribution < -0.4 is 14.5 Å². The van der Waals surface area contributed by atoms with Crippen LogP contribution in [0.5, 0.6) is 5.75 Å². The molecule has 1 aromatic heterocycles. The van der Waals surface area contributed by atoms with Gasteiger partial charge in [-0.05, 0) is 24.3 Å². The summed E-state index contributed by atoms with van der Waals surface area (Å²) in [6.45, 7) is 3.22. The van der Waals surface area contributed by atoms with E-state index in [4.69, 9.17) is 16.3 Å². The van der Waals surface area contributed by atoms with Crippen molar-refractivity contribution in [2.24, 2.45) is 0 Å². The summed E-state index contributed by atoms with van der Waals surface area (Å²) in [5.74, 6) is 0.859. The van der Waals surface area contributed by atoms with E-state index in [2.05, 4.69) is 9.88 Å². The zero-order chi connectivity index (χ0) is 20.4. The van der Waals surface area contributed by atoms with Crippen molar-refractivity contribution in [3.63, 3.8) is 0 Å². The van der Waals surface area contributed by atoms with Gasteiger partial charge in [-0.15, -0.1) is 0 Å². The molecule has 1 saturated heterocycles. The molecule has 0 spiro atoms. The van der Waals surface area contributed by atoms with Crippen molar-refractivity contribution in [2.45, 2.75) is 0 Å². The Morgan fingerprint density at radius 1 is 1.17 bits per heavy atom. The first kappa shape index (κ1) is 19.8. The van der Waals surface area contributed by atoms with Crippen molar-refractivity contribution in [1.82, 2.24) is 9.88 Å². The van der Waals surface area contributed by atoms with E-state index in [1.165, 1.54) is 0 Å². The standard InChI is InChI=1S/C21H23ClN4O2S/c1-24(21-23-20-17(28-2)8-5-9-18(20)29-21)14-19(27)26-12-10-25(11-13-26)16-7-4-3-6-15(16)22/h3-9H,10-14H2,1-2H3. The Morgan fingerprint density at radius 2 is 1.93 bits per heavy atom. The molecule has 152 valence electrons. The monoisotopic (exact) mass is 430 g/mol. The number of para-hydroxylation sites is 2. The first-order chi connectivity index (χ1) is 14.1. The Labute approximate surface area is 179 Å². The normalized spacial score (nSPS) is 14.3. The summed E-state index contributed by atoms with van der Waals surface area (Å²) in [4.78, 5) is 23.5. The fourth-order valence-corrected chi connectivity index (χ4v) is 4.71. The van der Waals surface area contributed by atoms with Crippen LogP contribution in [0.2, 0.25) is 5.02 Å². The second kappa shape index (κ2) is 8.47. The molecule has 0 saturated carbocycles. The molecule has 0 bridgehead atoms. The molecule has 1 fully saturated rings. The molecule has 2 heterocycles. The fraction of sp³-hybridized carbons (Fsp3) is 0.333. The van der Waals surface area contributed by atoms with E-state index >= 15 is 0 Å². The molecule has 0 atom stereocenters. The van der Waals surface area contributed by atoms with E-state index in [0.717, 1.165) is 44.9 Å². The Balaban J connectivity index is 1.38. The van der Waals surface area contributed by atoms with Crippen LogP contribution in [0.4, 0.5) is 10.8 Å². The van der Waals surface area contributed by atoms with E-state index in [1.54, 1.807) is 18.4 Å². The van der Waals surface area contributed by atoms with Crippen LogP contribution in [-0.2, 0) is 4.79 Å². The molecule has 0 radical (unpaired) electrons. The molecular formula is C21H23ClN4O2S. The Hall–Kier alpha value is -2.51. The van der Waals surface area contributed by atoms with Crippen molar-refractivity contribution in [3.05, 3.63) is 47.5 Å². The summed E-state index contributed by atoms with van der Waals surface area (Å²) in [7, 11) is 3.55. The number of anilines is 2. The van der Waals surface area contributed by atoms with Crippen LogP contribution in [0.3, 0.4) is 0 Å². The Kier molecular flexibility index (Phi) is 5.78. The molecule has 1 amide bonds. The van der Waals surface area contributed by atoms with Gasteiger partial charge >= 0.3 is 0 Å². The number of fused-ring (bicyclic) bond motifs is 1. The molecule has 0 unspecified atom stereocenters. The van der Waals surface area contributed by atoms with E-state index in [-0.39, 0.29) is 5.91 Å². The lowest BCUT2D eigenvalue weighted by atomic mass is 10.2. The van der Waals surface area contributed by atoms with Crippen LogP contribution in [0.15, 0.2) is 42.5 Å². The van der Waals surface area contributed by atoms with E-state index in [1.807, 2.05) is 59.3 Å². The van der Waals surface area contributed by atoms with Crippen molar-refractivity contribution < 1.29 is 9.53 Å². The van der Waals surface area contributed by atoms with Gasteiger partial charge in [0, 0.05) is 33.2 Å². The van der Waals surface area contributed by atoms with E-state index < -0.39 is 0 Å². The fourth-order valence-electron chi connectivity index (χ4n) is 3.52. The molecule has 0 aliphatic carbocycles. The third-order valence-electron chi connectivity index (χ3n) is 5.12. The third-order valence-corrected chi connectivity index (χ3v) is 6.57. The number of hydrogen-bond donors (Lipinski definition) is 0. The molecule has 2 aromatic carbocycles. The highest BCUT2D eigenvalue weighted by Gasteiger charge is 2.24. The number of likely N-dealkylation sites (N-methyl/N-ethyl adjacent to an activating group) is 1. The predicted octanol–water partition coefficient (Wildman–Crippen LogP) is 3.74. The smallest absolute Gasteiger partial charge is 0.242 e. The van der Waals surface area contributed by atoms with Gasteiger partial charge in [0.25, 0.3) is 0 Å². The number of piperazine rings is 1. The average Bonchev–Trinajstić information content (AvgIpc) is 3.19. The summed E-state index contributed by atoms with van der Waals surface area (Å²) >= 11 is 7.87. The summed E-state index contributed by atoms with van der Waals surface area (Å²) in [5, 5.41) is 1.56. The number of benzene rings is 2. The van der Waals surface area contributed by atoms with Crippen LogP contribution in [0.1, 0.15) is 0 Å². The highest BCUT2D eigenvalue weighted by molar-refractivity contribution is 7.22. The maximum absolute atomic E-state index is 12.8. The minimum atomic E-state index is 0.109. The van der Waals surface area contributed by atoms with Gasteiger partial charge in [0.15, 0.2) is 5.13 Å². The van der Waals surface area contributed by atoms with Gasteiger partial charge in [-0.2, -0.15) is 0 Å². The molecule has 1 aliphatic heterocycles. The first-order valence-corrected chi connectivity index (χ1v) is 10.7. The third kappa shape index (κ3) is 4.11. The molecule has 4 rings (SSSR count). The molecule has 6 nitrogen and oxygen atoms in total. The number of rotatable bonds is 5. The molecular weight excluding hydrogens is 408 g/mol. The minimum Gasteiger partial charge on any atom is -0.494 e. The zero-order valence-electron chi connectivity index (χ0n) is 16.5. The maximum Gasteiger partial charge on any atom is 0.242 e. The summed E-state index contributed by atoms with van der Waals surface area (Å²) in [5.41, 5.74) is 1.87. The Morgan fingerprint density at radius 3 is 2.66 bits per heavy atom. The number of ether oxygens (including phenoxy) is 1. The second-order valence-corrected chi connectivity index (χ2v) is 8.40. The number of nitrogens with zero attached hydrogens (tertiary/aromatic N) is 4. The number of hydrogen-bond acceptors (Lipinski definition) is 6. The highest BCUT2D eigenvalue weighted by atomic mass is 35.5. The Bertz CT molecular complexity index is 1020. The van der Waals surface area contributed by atoms with E-state index in [0.29, 0.717) is 19.6 Å². The molecule has 8 heteroatoms. The number of thiazole rings is 1. The van der Waals surface area contributed by atoms with Crippen molar-refractivity contribution >= 4 is 49.9 Å². The van der Waals surface area contributed by atoms with Crippen LogP contribution in [0.25, 0.3) is 10.2 Å². The van der Waals surface area contributed by atoms with Gasteiger partial charge < -0.3 is 19.4 Å². The maximum atomic E-state index is 12.8. The van der Waals surface area contributed by atoms with Gasteiger partial charge in [-0.3, -0.25) is 4.79 Å². The van der Waals surface area contributed by atoms with Gasteiger partial charge in [-0.1, -0.05) is 41.1 Å². The topological polar surface area (TPSA) is 48.9 Å². The number of aromatic nitrogens is 1. The number of carbonyl (C=O) groups is 1. The van der Waals surface area contributed by atoms with Gasteiger partial charge in [0.05, 0.1) is 29.1 Å². The van der Waals surface area contributed by atoms with Gasteiger partial charge in [0.1, 0.15) is 11.3 Å². The summed E-state index contributed by atoms with van der Waals surface area (Å²) in [6, 6.07) is 13.7. The largest absolute Gasteiger partial charge is 0.494 e. The lowest BCUT2D eigenvalue weighted by molar-refractivity contribution is -0.129. The number of methoxy groups -OCH3 is 1. The predicted molar refractivity (Wildman–Crippen MR) is 120 cm³/mol.